The minimum atomic E-state index is -5.68. The molecule has 2 aromatic rings. The second-order valence-electron chi connectivity index (χ2n) is 3.82. The number of alkyl halides is 3. The molecule has 0 unspecified atom stereocenters. The number of hydrogen-bond donors (Lipinski definition) is 0. The van der Waals surface area contributed by atoms with E-state index >= 15 is 0 Å². The van der Waals surface area contributed by atoms with Crippen molar-refractivity contribution >= 4 is 39.5 Å². The Morgan fingerprint density at radius 2 is 1.77 bits per heavy atom. The van der Waals surface area contributed by atoms with Gasteiger partial charge in [-0.2, -0.15) is 21.6 Å². The molecule has 0 fully saturated rings. The topological polar surface area (TPSA) is 60.4 Å². The van der Waals surface area contributed by atoms with E-state index in [2.05, 4.69) is 4.18 Å². The number of rotatable bonds is 5. The minimum absolute atomic E-state index is 0.442. The van der Waals surface area contributed by atoms with Crippen LogP contribution in [0, 0.1) is 0 Å². The smallest absolute Gasteiger partial charge is 0.376 e. The fraction of sp³-hybridized carbons (Fsp3) is 0.0833. The van der Waals surface area contributed by atoms with Crippen LogP contribution < -0.4 is 4.18 Å². The first kappa shape index (κ1) is 16.8. The number of halogens is 3. The number of aldehydes is 1. The quantitative estimate of drug-likeness (QED) is 0.454. The Morgan fingerprint density at radius 1 is 1.14 bits per heavy atom. The monoisotopic (exact) mass is 368 g/mol. The van der Waals surface area contributed by atoms with Gasteiger partial charge in [-0.15, -0.1) is 11.3 Å². The molecule has 0 aliphatic carbocycles. The van der Waals surface area contributed by atoms with Crippen LogP contribution in [0.2, 0.25) is 0 Å². The zero-order valence-corrected chi connectivity index (χ0v) is 13.0. The Hall–Kier alpha value is -1.52. The third-order valence-electron chi connectivity index (χ3n) is 2.31. The van der Waals surface area contributed by atoms with Crippen molar-refractivity contribution in [3.05, 3.63) is 40.6 Å². The van der Waals surface area contributed by atoms with E-state index in [1.807, 2.05) is 0 Å². The molecule has 118 valence electrons. The summed E-state index contributed by atoms with van der Waals surface area (Å²) in [5.41, 5.74) is -5.48. The lowest BCUT2D eigenvalue weighted by atomic mass is 10.3. The molecule has 4 nitrogen and oxygen atoms in total. The molecule has 0 amide bonds. The maximum absolute atomic E-state index is 12.2. The maximum Gasteiger partial charge on any atom is 0.534 e. The lowest BCUT2D eigenvalue weighted by Crippen LogP contribution is -2.27. The summed E-state index contributed by atoms with van der Waals surface area (Å²) >= 11 is 2.49. The molecule has 0 N–H and O–H groups in total. The highest BCUT2D eigenvalue weighted by Crippen LogP contribution is 2.34. The molecular formula is C12H7F3O4S3. The van der Waals surface area contributed by atoms with E-state index in [0.29, 0.717) is 21.0 Å². The van der Waals surface area contributed by atoms with Gasteiger partial charge in [0, 0.05) is 9.79 Å². The molecule has 10 heteroatoms. The van der Waals surface area contributed by atoms with Gasteiger partial charge in [-0.05, 0) is 35.7 Å². The maximum atomic E-state index is 12.2. The van der Waals surface area contributed by atoms with Crippen LogP contribution >= 0.6 is 23.1 Å². The zero-order valence-electron chi connectivity index (χ0n) is 10.5. The first-order chi connectivity index (χ1) is 10.2. The van der Waals surface area contributed by atoms with E-state index < -0.39 is 21.4 Å². The molecule has 0 spiro atoms. The molecule has 2 rings (SSSR count). The fourth-order valence-electron chi connectivity index (χ4n) is 1.34. The van der Waals surface area contributed by atoms with E-state index in [1.165, 1.54) is 35.2 Å². The van der Waals surface area contributed by atoms with Gasteiger partial charge in [0.25, 0.3) is 0 Å². The number of thiophene rings is 1. The van der Waals surface area contributed by atoms with Crippen molar-refractivity contribution < 1.29 is 30.6 Å². The van der Waals surface area contributed by atoms with Crippen LogP contribution in [0.5, 0.6) is 5.75 Å². The largest absolute Gasteiger partial charge is 0.534 e. The summed E-state index contributed by atoms with van der Waals surface area (Å²) < 4.78 is 62.3. The average molecular weight is 368 g/mol. The summed E-state index contributed by atoms with van der Waals surface area (Å²) in [4.78, 5) is 12.6. The van der Waals surface area contributed by atoms with Crippen molar-refractivity contribution in [2.75, 3.05) is 0 Å². The molecule has 0 aliphatic rings. The highest BCUT2D eigenvalue weighted by atomic mass is 32.2. The van der Waals surface area contributed by atoms with Crippen LogP contribution in [0.4, 0.5) is 13.2 Å². The molecule has 0 radical (unpaired) electrons. The normalized spacial score (nSPS) is 12.1. The van der Waals surface area contributed by atoms with Crippen molar-refractivity contribution in [3.8, 4) is 5.75 Å². The van der Waals surface area contributed by atoms with Gasteiger partial charge in [0.2, 0.25) is 0 Å². The van der Waals surface area contributed by atoms with E-state index in [9.17, 15) is 26.4 Å². The average Bonchev–Trinajstić information content (AvgIpc) is 2.86. The molecule has 1 heterocycles. The summed E-state index contributed by atoms with van der Waals surface area (Å²) in [5.74, 6) is -0.442. The lowest BCUT2D eigenvalue weighted by Gasteiger charge is -2.09. The predicted molar refractivity (Wildman–Crippen MR) is 75.9 cm³/mol. The van der Waals surface area contributed by atoms with Gasteiger partial charge in [0.15, 0.2) is 6.29 Å². The third-order valence-corrected chi connectivity index (χ3v) is 5.34. The van der Waals surface area contributed by atoms with Crippen LogP contribution in [0.15, 0.2) is 45.5 Å². The SMILES string of the molecule is O=Cc1sccc1Sc1ccc(OS(=O)(=O)C(F)(F)F)cc1. The van der Waals surface area contributed by atoms with Crippen LogP contribution in [0.1, 0.15) is 9.67 Å². The standard InChI is InChI=1S/C12H7F3O4S3/c13-12(14,15)22(17,18)19-8-1-3-9(4-2-8)21-10-5-6-20-11(10)7-16/h1-7H. The van der Waals surface area contributed by atoms with Crippen molar-refractivity contribution in [1.29, 1.82) is 0 Å². The Morgan fingerprint density at radius 3 is 2.32 bits per heavy atom. The third kappa shape index (κ3) is 3.81. The fourth-order valence-corrected chi connectivity index (χ4v) is 3.56. The summed E-state index contributed by atoms with van der Waals surface area (Å²) in [6.07, 6.45) is 0.709. The molecular weight excluding hydrogens is 361 g/mol. The predicted octanol–water partition coefficient (Wildman–Crippen LogP) is 3.94. The van der Waals surface area contributed by atoms with Crippen LogP contribution in [0.25, 0.3) is 0 Å². The highest BCUT2D eigenvalue weighted by molar-refractivity contribution is 7.99. The van der Waals surface area contributed by atoms with Gasteiger partial charge in [-0.1, -0.05) is 11.8 Å². The Kier molecular flexibility index (Phi) is 4.83. The van der Waals surface area contributed by atoms with Crippen LogP contribution in [-0.4, -0.2) is 20.2 Å². The van der Waals surface area contributed by atoms with E-state index in [4.69, 9.17) is 0 Å². The van der Waals surface area contributed by atoms with Crippen LogP contribution in [-0.2, 0) is 10.1 Å². The molecule has 0 bridgehead atoms. The Bertz CT molecular complexity index is 764. The first-order valence-electron chi connectivity index (χ1n) is 5.54. The van der Waals surface area contributed by atoms with Gasteiger partial charge >= 0.3 is 15.6 Å². The summed E-state index contributed by atoms with van der Waals surface area (Å²) in [6.45, 7) is 0. The van der Waals surface area contributed by atoms with Gasteiger partial charge in [0.1, 0.15) is 5.75 Å². The highest BCUT2D eigenvalue weighted by Gasteiger charge is 2.48. The summed E-state index contributed by atoms with van der Waals surface area (Å²) in [7, 11) is -5.68. The zero-order chi connectivity index (χ0) is 16.4. The van der Waals surface area contributed by atoms with Gasteiger partial charge in [0.05, 0.1) is 4.88 Å². The minimum Gasteiger partial charge on any atom is -0.376 e. The van der Waals surface area contributed by atoms with E-state index in [0.717, 1.165) is 12.1 Å². The molecule has 0 aliphatic heterocycles. The van der Waals surface area contributed by atoms with Gasteiger partial charge in [-0.3, -0.25) is 4.79 Å². The van der Waals surface area contributed by atoms with Crippen molar-refractivity contribution in [2.24, 2.45) is 0 Å². The summed E-state index contributed by atoms with van der Waals surface area (Å²) in [5, 5.41) is 1.74. The Balaban J connectivity index is 2.13. The number of hydrogen-bond acceptors (Lipinski definition) is 6. The number of carbonyl (C=O) groups excluding carboxylic acids is 1. The van der Waals surface area contributed by atoms with E-state index in [1.54, 1.807) is 11.4 Å². The van der Waals surface area contributed by atoms with Crippen molar-refractivity contribution in [2.45, 2.75) is 15.3 Å². The second kappa shape index (κ2) is 6.31. The molecule has 0 saturated carbocycles. The molecule has 1 aromatic heterocycles. The molecule has 0 atom stereocenters. The van der Waals surface area contributed by atoms with Crippen LogP contribution in [0.3, 0.4) is 0 Å². The number of benzene rings is 1. The molecule has 22 heavy (non-hydrogen) atoms. The molecule has 1 aromatic carbocycles. The number of carbonyl (C=O) groups is 1. The van der Waals surface area contributed by atoms with Crippen molar-refractivity contribution in [3.63, 3.8) is 0 Å². The molecule has 0 saturated heterocycles. The van der Waals surface area contributed by atoms with Gasteiger partial charge in [-0.25, -0.2) is 0 Å². The lowest BCUT2D eigenvalue weighted by molar-refractivity contribution is -0.0500. The Labute approximate surface area is 132 Å². The summed E-state index contributed by atoms with van der Waals surface area (Å²) in [6, 6.07) is 6.75. The second-order valence-corrected chi connectivity index (χ2v) is 7.42. The van der Waals surface area contributed by atoms with Crippen molar-refractivity contribution in [1.82, 2.24) is 0 Å². The van der Waals surface area contributed by atoms with Gasteiger partial charge < -0.3 is 4.18 Å². The first-order valence-corrected chi connectivity index (χ1v) is 8.65. The van der Waals surface area contributed by atoms with E-state index in [-0.39, 0.29) is 0 Å².